The number of aryl methyl sites for hydroxylation is 3. The summed E-state index contributed by atoms with van der Waals surface area (Å²) >= 11 is 0. The van der Waals surface area contributed by atoms with Gasteiger partial charge in [0.05, 0.1) is 12.8 Å². The second-order valence-electron chi connectivity index (χ2n) is 6.06. The lowest BCUT2D eigenvalue weighted by Gasteiger charge is -2.13. The molecule has 0 bridgehead atoms. The molecule has 5 nitrogen and oxygen atoms in total. The first-order valence-corrected chi connectivity index (χ1v) is 8.47. The zero-order valence-electron chi connectivity index (χ0n) is 15.5. The van der Waals surface area contributed by atoms with Crippen molar-refractivity contribution in [2.45, 2.75) is 20.8 Å². The number of amides is 1. The molecule has 0 aliphatic rings. The van der Waals surface area contributed by atoms with E-state index in [1.54, 1.807) is 12.3 Å². The molecule has 0 aliphatic carbocycles. The molecule has 2 aromatic rings. The Morgan fingerprint density at radius 1 is 1.19 bits per heavy atom. The van der Waals surface area contributed by atoms with Crippen molar-refractivity contribution in [2.24, 2.45) is 5.10 Å². The third-order valence-electron chi connectivity index (χ3n) is 3.77. The van der Waals surface area contributed by atoms with Crippen molar-refractivity contribution >= 4 is 17.8 Å². The van der Waals surface area contributed by atoms with Gasteiger partial charge in [0.2, 0.25) is 0 Å². The van der Waals surface area contributed by atoms with Gasteiger partial charge in [0.1, 0.15) is 12.4 Å². The monoisotopic (exact) mass is 351 g/mol. The first-order valence-electron chi connectivity index (χ1n) is 8.47. The van der Waals surface area contributed by atoms with E-state index in [9.17, 15) is 4.79 Å². The van der Waals surface area contributed by atoms with Crippen LogP contribution in [0.1, 0.15) is 22.3 Å². The second kappa shape index (κ2) is 9.42. The number of anilines is 1. The molecule has 136 valence electrons. The van der Waals surface area contributed by atoms with Gasteiger partial charge in [-0.15, -0.1) is 0 Å². The maximum Gasteiger partial charge on any atom is 0.259 e. The highest BCUT2D eigenvalue weighted by atomic mass is 16.5. The second-order valence-corrected chi connectivity index (χ2v) is 6.06. The van der Waals surface area contributed by atoms with Crippen LogP contribution in [0, 0.1) is 20.8 Å². The molecule has 0 heterocycles. The summed E-state index contributed by atoms with van der Waals surface area (Å²) in [6, 6.07) is 11.7. The van der Waals surface area contributed by atoms with Gasteiger partial charge in [0.15, 0.2) is 0 Å². The van der Waals surface area contributed by atoms with Gasteiger partial charge >= 0.3 is 0 Å². The maximum absolute atomic E-state index is 12.0. The fraction of sp³-hybridized carbons (Fsp3) is 0.238. The summed E-state index contributed by atoms with van der Waals surface area (Å²) in [6.07, 6.45) is 3.25. The van der Waals surface area contributed by atoms with Gasteiger partial charge < -0.3 is 10.1 Å². The number of rotatable bonds is 8. The SMILES string of the molecule is C=CCOc1ccccc1/C=N\NC(=O)CNc1c(C)cc(C)cc1C. The predicted octanol–water partition coefficient (Wildman–Crippen LogP) is 3.74. The van der Waals surface area contributed by atoms with Crippen molar-refractivity contribution in [2.75, 3.05) is 18.5 Å². The first-order chi connectivity index (χ1) is 12.5. The maximum atomic E-state index is 12.0. The van der Waals surface area contributed by atoms with E-state index in [0.717, 1.165) is 22.4 Å². The lowest BCUT2D eigenvalue weighted by molar-refractivity contribution is -0.119. The van der Waals surface area contributed by atoms with Crippen LogP contribution in [0.3, 0.4) is 0 Å². The smallest absolute Gasteiger partial charge is 0.259 e. The van der Waals surface area contributed by atoms with E-state index in [2.05, 4.69) is 41.5 Å². The highest BCUT2D eigenvalue weighted by Gasteiger charge is 2.06. The van der Waals surface area contributed by atoms with Gasteiger partial charge in [-0.05, 0) is 44.0 Å². The number of carbonyl (C=O) groups excluding carboxylic acids is 1. The van der Waals surface area contributed by atoms with Gasteiger partial charge in [-0.2, -0.15) is 5.10 Å². The van der Waals surface area contributed by atoms with Crippen molar-refractivity contribution in [3.63, 3.8) is 0 Å². The van der Waals surface area contributed by atoms with Gasteiger partial charge in [-0.25, -0.2) is 5.43 Å². The lowest BCUT2D eigenvalue weighted by atomic mass is 10.1. The topological polar surface area (TPSA) is 62.7 Å². The fourth-order valence-corrected chi connectivity index (χ4v) is 2.71. The minimum Gasteiger partial charge on any atom is -0.489 e. The number of hydrogen-bond acceptors (Lipinski definition) is 4. The van der Waals surface area contributed by atoms with E-state index in [4.69, 9.17) is 4.74 Å². The molecule has 26 heavy (non-hydrogen) atoms. The summed E-state index contributed by atoms with van der Waals surface area (Å²) in [5.41, 5.74) is 7.74. The number of nitrogens with one attached hydrogen (secondary N) is 2. The molecule has 0 saturated carbocycles. The molecule has 5 heteroatoms. The fourth-order valence-electron chi connectivity index (χ4n) is 2.71. The molecule has 1 amide bonds. The molecular weight excluding hydrogens is 326 g/mol. The van der Waals surface area contributed by atoms with E-state index < -0.39 is 0 Å². The Morgan fingerprint density at radius 3 is 2.58 bits per heavy atom. The summed E-state index contributed by atoms with van der Waals surface area (Å²) in [7, 11) is 0. The van der Waals surface area contributed by atoms with Crippen molar-refractivity contribution in [1.82, 2.24) is 5.43 Å². The van der Waals surface area contributed by atoms with Crippen LogP contribution in [0.25, 0.3) is 0 Å². The molecule has 0 aromatic heterocycles. The largest absolute Gasteiger partial charge is 0.489 e. The van der Waals surface area contributed by atoms with Crippen LogP contribution in [-0.2, 0) is 4.79 Å². The number of hydrazone groups is 1. The Labute approximate surface area is 154 Å². The Morgan fingerprint density at radius 2 is 1.88 bits per heavy atom. The lowest BCUT2D eigenvalue weighted by Crippen LogP contribution is -2.26. The molecule has 2 aromatic carbocycles. The molecule has 0 fully saturated rings. The third-order valence-corrected chi connectivity index (χ3v) is 3.77. The van der Waals surface area contributed by atoms with Crippen LogP contribution in [0.2, 0.25) is 0 Å². The number of benzene rings is 2. The predicted molar refractivity (Wildman–Crippen MR) is 107 cm³/mol. The summed E-state index contributed by atoms with van der Waals surface area (Å²) in [6.45, 7) is 10.3. The van der Waals surface area contributed by atoms with Crippen LogP contribution < -0.4 is 15.5 Å². The van der Waals surface area contributed by atoms with Crippen molar-refractivity contribution in [3.8, 4) is 5.75 Å². The van der Waals surface area contributed by atoms with Crippen LogP contribution in [0.5, 0.6) is 5.75 Å². The van der Waals surface area contributed by atoms with Gasteiger partial charge in [-0.1, -0.05) is 42.5 Å². The van der Waals surface area contributed by atoms with Crippen LogP contribution in [0.4, 0.5) is 5.69 Å². The molecule has 0 aliphatic heterocycles. The number of para-hydroxylation sites is 1. The van der Waals surface area contributed by atoms with Gasteiger partial charge in [0, 0.05) is 11.3 Å². The van der Waals surface area contributed by atoms with Gasteiger partial charge in [0.25, 0.3) is 5.91 Å². The number of hydrogen-bond donors (Lipinski definition) is 2. The van der Waals surface area contributed by atoms with Crippen molar-refractivity contribution in [1.29, 1.82) is 0 Å². The molecule has 2 rings (SSSR count). The molecule has 0 saturated heterocycles. The molecule has 0 unspecified atom stereocenters. The van der Waals surface area contributed by atoms with E-state index in [1.165, 1.54) is 5.56 Å². The zero-order chi connectivity index (χ0) is 18.9. The molecule has 0 atom stereocenters. The van der Waals surface area contributed by atoms with E-state index in [0.29, 0.717) is 12.4 Å². The Kier molecular flexibility index (Phi) is 6.97. The summed E-state index contributed by atoms with van der Waals surface area (Å²) in [5.74, 6) is 0.472. The average molecular weight is 351 g/mol. The summed E-state index contributed by atoms with van der Waals surface area (Å²) < 4.78 is 5.55. The zero-order valence-corrected chi connectivity index (χ0v) is 15.5. The van der Waals surface area contributed by atoms with Crippen LogP contribution >= 0.6 is 0 Å². The van der Waals surface area contributed by atoms with Crippen molar-refractivity contribution in [3.05, 3.63) is 71.3 Å². The van der Waals surface area contributed by atoms with Crippen molar-refractivity contribution < 1.29 is 9.53 Å². The number of ether oxygens (including phenoxy) is 1. The Hall–Kier alpha value is -3.08. The standard InChI is InChI=1S/C21H25N3O2/c1-5-10-26-19-9-7-6-8-18(19)13-23-24-20(25)14-22-21-16(3)11-15(2)12-17(21)4/h5-9,11-13,22H,1,10,14H2,2-4H3,(H,24,25)/b23-13-. The summed E-state index contributed by atoms with van der Waals surface area (Å²) in [5, 5.41) is 7.19. The summed E-state index contributed by atoms with van der Waals surface area (Å²) in [4.78, 5) is 12.0. The average Bonchev–Trinajstić information content (AvgIpc) is 2.60. The molecule has 2 N–H and O–H groups in total. The molecule has 0 radical (unpaired) electrons. The molecule has 0 spiro atoms. The third kappa shape index (κ3) is 5.48. The minimum absolute atomic E-state index is 0.149. The molecular formula is C21H25N3O2. The quantitative estimate of drug-likeness (QED) is 0.433. The highest BCUT2D eigenvalue weighted by Crippen LogP contribution is 2.21. The minimum atomic E-state index is -0.217. The van der Waals surface area contributed by atoms with E-state index in [1.807, 2.05) is 38.1 Å². The highest BCUT2D eigenvalue weighted by molar-refractivity contribution is 5.86. The Bertz CT molecular complexity index is 790. The number of nitrogens with zero attached hydrogens (tertiary/aromatic N) is 1. The van der Waals surface area contributed by atoms with E-state index in [-0.39, 0.29) is 12.5 Å². The van der Waals surface area contributed by atoms with Crippen LogP contribution in [0.15, 0.2) is 54.2 Å². The normalized spacial score (nSPS) is 10.6. The Balaban J connectivity index is 1.91. The van der Waals surface area contributed by atoms with E-state index >= 15 is 0 Å². The van der Waals surface area contributed by atoms with Gasteiger partial charge in [-0.3, -0.25) is 4.79 Å². The number of carbonyl (C=O) groups is 1. The first kappa shape index (κ1) is 19.2. The van der Waals surface area contributed by atoms with Crippen LogP contribution in [-0.4, -0.2) is 25.3 Å².